The molecule has 0 aliphatic carbocycles. The SMILES string of the molecule is CC(C)OC(=O)N(CCN(C)C(=O)C(F)(F)F)C(C)(C)C. The maximum absolute atomic E-state index is 12.3. The summed E-state index contributed by atoms with van der Waals surface area (Å²) in [5.41, 5.74) is -0.631. The van der Waals surface area contributed by atoms with Crippen LogP contribution in [0.15, 0.2) is 0 Å². The molecule has 0 aliphatic heterocycles. The van der Waals surface area contributed by atoms with Gasteiger partial charge in [0.25, 0.3) is 0 Å². The highest BCUT2D eigenvalue weighted by molar-refractivity contribution is 5.81. The monoisotopic (exact) mass is 312 g/mol. The number of carbonyl (C=O) groups excluding carboxylic acids is 2. The number of ether oxygens (including phenoxy) is 1. The third kappa shape index (κ3) is 6.68. The number of hydrogen-bond donors (Lipinski definition) is 0. The zero-order valence-electron chi connectivity index (χ0n) is 13.2. The first-order valence-electron chi connectivity index (χ1n) is 6.57. The van der Waals surface area contributed by atoms with Crippen molar-refractivity contribution in [2.45, 2.75) is 52.4 Å². The minimum Gasteiger partial charge on any atom is -0.447 e. The first-order valence-corrected chi connectivity index (χ1v) is 6.57. The van der Waals surface area contributed by atoms with Crippen molar-refractivity contribution >= 4 is 12.0 Å². The van der Waals surface area contributed by atoms with Gasteiger partial charge in [0, 0.05) is 25.7 Å². The number of rotatable bonds is 4. The van der Waals surface area contributed by atoms with E-state index in [0.717, 1.165) is 7.05 Å². The van der Waals surface area contributed by atoms with Crippen LogP contribution in [0.4, 0.5) is 18.0 Å². The fraction of sp³-hybridized carbons (Fsp3) is 0.846. The summed E-state index contributed by atoms with van der Waals surface area (Å²) in [6.45, 7) is 8.28. The minimum atomic E-state index is -4.92. The molecular weight excluding hydrogens is 289 g/mol. The zero-order chi connectivity index (χ0) is 17.0. The van der Waals surface area contributed by atoms with Crippen molar-refractivity contribution in [2.24, 2.45) is 0 Å². The molecule has 2 amide bonds. The molecule has 0 aliphatic rings. The van der Waals surface area contributed by atoms with Gasteiger partial charge in [0.15, 0.2) is 0 Å². The third-order valence-electron chi connectivity index (χ3n) is 2.61. The van der Waals surface area contributed by atoms with Crippen molar-refractivity contribution in [2.75, 3.05) is 20.1 Å². The number of alkyl halides is 3. The Morgan fingerprint density at radius 3 is 1.90 bits per heavy atom. The molecule has 0 saturated heterocycles. The Labute approximate surface area is 123 Å². The molecular formula is C13H23F3N2O3. The number of hydrogen-bond acceptors (Lipinski definition) is 3. The molecule has 0 N–H and O–H groups in total. The van der Waals surface area contributed by atoms with Gasteiger partial charge in [-0.15, -0.1) is 0 Å². The molecule has 0 aromatic carbocycles. The van der Waals surface area contributed by atoms with Gasteiger partial charge in [-0.25, -0.2) is 4.79 Å². The number of carbonyl (C=O) groups is 2. The van der Waals surface area contributed by atoms with Gasteiger partial charge in [-0.3, -0.25) is 4.79 Å². The van der Waals surface area contributed by atoms with E-state index < -0.39 is 23.7 Å². The molecule has 0 aromatic rings. The van der Waals surface area contributed by atoms with Crippen LogP contribution in [0.25, 0.3) is 0 Å². The van der Waals surface area contributed by atoms with Gasteiger partial charge in [-0.05, 0) is 34.6 Å². The Kier molecular flexibility index (Phi) is 6.51. The van der Waals surface area contributed by atoms with Crippen molar-refractivity contribution in [1.29, 1.82) is 0 Å². The van der Waals surface area contributed by atoms with Crippen molar-refractivity contribution in [3.63, 3.8) is 0 Å². The maximum Gasteiger partial charge on any atom is 0.471 e. The highest BCUT2D eigenvalue weighted by Crippen LogP contribution is 2.19. The van der Waals surface area contributed by atoms with Gasteiger partial charge in [-0.1, -0.05) is 0 Å². The van der Waals surface area contributed by atoms with Gasteiger partial charge in [-0.2, -0.15) is 13.2 Å². The summed E-state index contributed by atoms with van der Waals surface area (Å²) in [4.78, 5) is 24.8. The van der Waals surface area contributed by atoms with Crippen LogP contribution in [0.3, 0.4) is 0 Å². The van der Waals surface area contributed by atoms with Gasteiger partial charge in [0.1, 0.15) is 0 Å². The van der Waals surface area contributed by atoms with E-state index in [9.17, 15) is 22.8 Å². The lowest BCUT2D eigenvalue weighted by molar-refractivity contribution is -0.184. The normalized spacial score (nSPS) is 12.3. The predicted molar refractivity (Wildman–Crippen MR) is 71.8 cm³/mol. The van der Waals surface area contributed by atoms with Gasteiger partial charge in [0.2, 0.25) is 0 Å². The lowest BCUT2D eigenvalue weighted by Crippen LogP contribution is -2.51. The highest BCUT2D eigenvalue weighted by atomic mass is 19.4. The average Bonchev–Trinajstić information content (AvgIpc) is 2.23. The molecule has 21 heavy (non-hydrogen) atoms. The number of halogens is 3. The quantitative estimate of drug-likeness (QED) is 0.802. The van der Waals surface area contributed by atoms with Crippen LogP contribution < -0.4 is 0 Å². The maximum atomic E-state index is 12.3. The summed E-state index contributed by atoms with van der Waals surface area (Å²) in [7, 11) is 1.05. The van der Waals surface area contributed by atoms with Crippen molar-refractivity contribution in [3.8, 4) is 0 Å². The Bertz CT molecular complexity index is 376. The molecule has 0 atom stereocenters. The number of nitrogens with zero attached hydrogens (tertiary/aromatic N) is 2. The van der Waals surface area contributed by atoms with Gasteiger partial charge >= 0.3 is 18.2 Å². The second-order valence-electron chi connectivity index (χ2n) is 5.98. The van der Waals surface area contributed by atoms with Gasteiger partial charge in [0.05, 0.1) is 6.10 Å². The van der Waals surface area contributed by atoms with Crippen LogP contribution in [0, 0.1) is 0 Å². The molecule has 0 unspecified atom stereocenters. The summed E-state index contributed by atoms with van der Waals surface area (Å²) in [5, 5.41) is 0. The first kappa shape index (κ1) is 19.5. The fourth-order valence-electron chi connectivity index (χ4n) is 1.53. The second-order valence-corrected chi connectivity index (χ2v) is 5.98. The number of likely N-dealkylation sites (N-methyl/N-ethyl adjacent to an activating group) is 1. The largest absolute Gasteiger partial charge is 0.471 e. The minimum absolute atomic E-state index is 0.0482. The molecule has 8 heteroatoms. The van der Waals surface area contributed by atoms with E-state index in [2.05, 4.69) is 0 Å². The molecule has 0 aromatic heterocycles. The van der Waals surface area contributed by atoms with Crippen molar-refractivity contribution < 1.29 is 27.5 Å². The average molecular weight is 312 g/mol. The molecule has 0 rings (SSSR count). The Hall–Kier alpha value is -1.47. The first-order chi connectivity index (χ1) is 9.26. The van der Waals surface area contributed by atoms with Crippen LogP contribution in [-0.2, 0) is 9.53 Å². The van der Waals surface area contributed by atoms with Crippen LogP contribution in [-0.4, -0.2) is 59.8 Å². The third-order valence-corrected chi connectivity index (χ3v) is 2.61. The second kappa shape index (κ2) is 7.00. The summed E-state index contributed by atoms with van der Waals surface area (Å²) >= 11 is 0. The molecule has 0 radical (unpaired) electrons. The van der Waals surface area contributed by atoms with Crippen LogP contribution >= 0.6 is 0 Å². The molecule has 0 fully saturated rings. The van der Waals surface area contributed by atoms with E-state index in [0.29, 0.717) is 4.90 Å². The number of amides is 2. The van der Waals surface area contributed by atoms with E-state index in [1.165, 1.54) is 4.90 Å². The summed E-state index contributed by atoms with van der Waals surface area (Å²) in [6, 6.07) is 0. The summed E-state index contributed by atoms with van der Waals surface area (Å²) in [6.07, 6.45) is -5.87. The molecule has 124 valence electrons. The smallest absolute Gasteiger partial charge is 0.447 e. The topological polar surface area (TPSA) is 49.9 Å². The molecule has 0 spiro atoms. The lowest BCUT2D eigenvalue weighted by Gasteiger charge is -2.36. The summed E-state index contributed by atoms with van der Waals surface area (Å²) in [5.74, 6) is -1.94. The molecule has 0 heterocycles. The Morgan fingerprint density at radius 1 is 1.10 bits per heavy atom. The van der Waals surface area contributed by atoms with Gasteiger partial charge < -0.3 is 14.5 Å². The van der Waals surface area contributed by atoms with E-state index in [1.54, 1.807) is 34.6 Å². The molecule has 5 nitrogen and oxygen atoms in total. The van der Waals surface area contributed by atoms with E-state index in [1.807, 2.05) is 0 Å². The Morgan fingerprint density at radius 2 is 1.57 bits per heavy atom. The van der Waals surface area contributed by atoms with E-state index >= 15 is 0 Å². The van der Waals surface area contributed by atoms with Crippen molar-refractivity contribution in [1.82, 2.24) is 9.80 Å². The molecule has 0 saturated carbocycles. The van der Waals surface area contributed by atoms with Crippen molar-refractivity contribution in [3.05, 3.63) is 0 Å². The summed E-state index contributed by atoms with van der Waals surface area (Å²) < 4.78 is 41.9. The highest BCUT2D eigenvalue weighted by Gasteiger charge is 2.41. The lowest BCUT2D eigenvalue weighted by atomic mass is 10.1. The predicted octanol–water partition coefficient (Wildman–Crippen LogP) is 2.65. The standard InChI is InChI=1S/C13H23F3N2O3/c1-9(2)21-11(20)18(12(3,4)5)8-7-17(6)10(19)13(14,15)16/h9H,7-8H2,1-6H3. The Balaban J connectivity index is 4.79. The molecule has 0 bridgehead atoms. The van der Waals surface area contributed by atoms with Crippen LogP contribution in [0.5, 0.6) is 0 Å². The fourth-order valence-corrected chi connectivity index (χ4v) is 1.53. The van der Waals surface area contributed by atoms with E-state index in [4.69, 9.17) is 4.74 Å². The van der Waals surface area contributed by atoms with E-state index in [-0.39, 0.29) is 19.2 Å². The zero-order valence-corrected chi connectivity index (χ0v) is 13.2. The van der Waals surface area contributed by atoms with Crippen LogP contribution in [0.1, 0.15) is 34.6 Å². The van der Waals surface area contributed by atoms with Crippen LogP contribution in [0.2, 0.25) is 0 Å².